The fourth-order valence-corrected chi connectivity index (χ4v) is 2.69. The van der Waals surface area contributed by atoms with Crippen LogP contribution in [0, 0.1) is 5.92 Å². The number of rotatable bonds is 1. The van der Waals surface area contributed by atoms with Gasteiger partial charge in [0.15, 0.2) is 0 Å². The molecule has 1 aromatic rings. The van der Waals surface area contributed by atoms with Gasteiger partial charge in [-0.05, 0) is 11.6 Å². The lowest BCUT2D eigenvalue weighted by Crippen LogP contribution is -2.25. The van der Waals surface area contributed by atoms with E-state index in [0.29, 0.717) is 11.8 Å². The molecule has 0 N–H and O–H groups in total. The molecule has 2 atom stereocenters. The van der Waals surface area contributed by atoms with Crippen molar-refractivity contribution >= 4 is 23.7 Å². The minimum Gasteiger partial charge on any atom is -0.298 e. The van der Waals surface area contributed by atoms with Crippen molar-refractivity contribution in [2.75, 3.05) is 0 Å². The molecule has 3 heteroatoms. The van der Waals surface area contributed by atoms with E-state index in [0.717, 1.165) is 17.6 Å². The van der Waals surface area contributed by atoms with E-state index in [1.54, 1.807) is 11.3 Å². The first kappa shape index (κ1) is 7.21. The van der Waals surface area contributed by atoms with Crippen LogP contribution in [0.5, 0.6) is 0 Å². The van der Waals surface area contributed by atoms with Crippen molar-refractivity contribution in [3.05, 3.63) is 33.8 Å². The Labute approximate surface area is 79.6 Å². The summed E-state index contributed by atoms with van der Waals surface area (Å²) in [5.41, 5.74) is 3.91. The van der Waals surface area contributed by atoms with Gasteiger partial charge < -0.3 is 0 Å². The molecular weight excluding hydrogens is 182 g/mol. The van der Waals surface area contributed by atoms with Crippen molar-refractivity contribution < 1.29 is 4.79 Å². The molecule has 0 amide bonds. The first-order valence-electron chi connectivity index (χ1n) is 4.18. The van der Waals surface area contributed by atoms with Gasteiger partial charge in [-0.15, -0.1) is 11.3 Å². The van der Waals surface area contributed by atoms with Crippen LogP contribution in [-0.2, 0) is 4.79 Å². The lowest BCUT2D eigenvalue weighted by atomic mass is 9.71. The highest BCUT2D eigenvalue weighted by Gasteiger charge is 2.36. The molecule has 0 bridgehead atoms. The average Bonchev–Trinajstić information content (AvgIpc) is 2.52. The first-order chi connectivity index (χ1) is 6.40. The van der Waals surface area contributed by atoms with Gasteiger partial charge >= 0.3 is 0 Å². The van der Waals surface area contributed by atoms with E-state index in [2.05, 4.69) is 17.1 Å². The topological polar surface area (TPSA) is 30.0 Å². The number of allylic oxidation sites excluding steroid dienone is 3. The summed E-state index contributed by atoms with van der Waals surface area (Å²) in [6.45, 7) is 0. The molecule has 2 aliphatic rings. The zero-order valence-corrected chi connectivity index (χ0v) is 7.62. The van der Waals surface area contributed by atoms with Crippen LogP contribution in [0.4, 0.5) is 0 Å². The molecule has 0 spiro atoms. The monoisotopic (exact) mass is 189 g/mol. The Morgan fingerprint density at radius 3 is 3.23 bits per heavy atom. The van der Waals surface area contributed by atoms with Gasteiger partial charge in [-0.3, -0.25) is 4.79 Å². The minimum atomic E-state index is 0.298. The van der Waals surface area contributed by atoms with E-state index in [-0.39, 0.29) is 0 Å². The lowest BCUT2D eigenvalue weighted by Gasteiger charge is -2.32. The van der Waals surface area contributed by atoms with Crippen LogP contribution in [0.25, 0.3) is 6.08 Å². The van der Waals surface area contributed by atoms with Crippen LogP contribution in [0.2, 0.25) is 0 Å². The van der Waals surface area contributed by atoms with Crippen molar-refractivity contribution in [1.29, 1.82) is 0 Å². The summed E-state index contributed by atoms with van der Waals surface area (Å²) in [5.74, 6) is 0.665. The van der Waals surface area contributed by atoms with Gasteiger partial charge in [0.2, 0.25) is 0 Å². The fraction of sp³-hybridized carbons (Fsp3) is 0.200. The lowest BCUT2D eigenvalue weighted by molar-refractivity contribution is -0.105. The number of hydrogen-bond donors (Lipinski definition) is 0. The minimum absolute atomic E-state index is 0.298. The summed E-state index contributed by atoms with van der Waals surface area (Å²) in [4.78, 5) is 16.1. The van der Waals surface area contributed by atoms with Crippen molar-refractivity contribution in [1.82, 2.24) is 4.98 Å². The number of nitrogens with zero attached hydrogens (tertiary/aromatic N) is 1. The van der Waals surface area contributed by atoms with Crippen molar-refractivity contribution in [3.8, 4) is 0 Å². The smallest absolute Gasteiger partial charge is 0.146 e. The number of aromatic nitrogens is 1. The second-order valence-corrected chi connectivity index (χ2v) is 4.18. The largest absolute Gasteiger partial charge is 0.298 e. The van der Waals surface area contributed by atoms with Gasteiger partial charge in [-0.1, -0.05) is 12.2 Å². The zero-order valence-electron chi connectivity index (χ0n) is 6.81. The Balaban J connectivity index is 2.11. The molecule has 1 heterocycles. The Hall–Kier alpha value is -1.22. The number of thiazole rings is 1. The Bertz CT molecular complexity index is 430. The maximum Gasteiger partial charge on any atom is 0.146 e. The zero-order chi connectivity index (χ0) is 8.84. The van der Waals surface area contributed by atoms with Crippen LogP contribution in [0.1, 0.15) is 16.5 Å². The van der Waals surface area contributed by atoms with Gasteiger partial charge in [0.25, 0.3) is 0 Å². The predicted molar refractivity (Wildman–Crippen MR) is 51.5 cm³/mol. The fourth-order valence-electron chi connectivity index (χ4n) is 1.94. The molecular formula is C10H7NOS. The number of carbonyl (C=O) groups excluding carboxylic acids is 1. The number of carbonyl (C=O) groups is 1. The molecule has 0 aliphatic heterocycles. The summed E-state index contributed by atoms with van der Waals surface area (Å²) in [6, 6.07) is 0. The second-order valence-electron chi connectivity index (χ2n) is 3.30. The van der Waals surface area contributed by atoms with Crippen LogP contribution >= 0.6 is 11.3 Å². The molecule has 2 aliphatic carbocycles. The first-order valence-corrected chi connectivity index (χ1v) is 5.06. The molecule has 1 unspecified atom stereocenters. The molecule has 0 aromatic carbocycles. The summed E-state index contributed by atoms with van der Waals surface area (Å²) < 4.78 is 0. The summed E-state index contributed by atoms with van der Waals surface area (Å²) in [7, 11) is 0. The number of fused-ring (bicyclic) bond motifs is 3. The molecule has 64 valence electrons. The van der Waals surface area contributed by atoms with E-state index in [1.165, 1.54) is 4.88 Å². The normalized spacial score (nSPS) is 28.5. The van der Waals surface area contributed by atoms with Crippen LogP contribution in [0.15, 0.2) is 23.2 Å². The van der Waals surface area contributed by atoms with Gasteiger partial charge in [0.1, 0.15) is 6.29 Å². The second kappa shape index (κ2) is 2.39. The Kier molecular flexibility index (Phi) is 1.32. The third-order valence-electron chi connectivity index (χ3n) is 2.67. The maximum atomic E-state index is 10.6. The highest BCUT2D eigenvalue weighted by Crippen LogP contribution is 2.46. The average molecular weight is 189 g/mol. The molecule has 1 aromatic heterocycles. The van der Waals surface area contributed by atoms with E-state index in [9.17, 15) is 4.79 Å². The van der Waals surface area contributed by atoms with E-state index < -0.39 is 0 Å². The highest BCUT2D eigenvalue weighted by atomic mass is 32.1. The third-order valence-corrected chi connectivity index (χ3v) is 3.48. The van der Waals surface area contributed by atoms with E-state index in [4.69, 9.17) is 0 Å². The molecule has 0 saturated carbocycles. The SMILES string of the molecule is O=CC1=CC2c3ncsc3C=C[C@H]12. The van der Waals surface area contributed by atoms with Gasteiger partial charge in [0, 0.05) is 11.8 Å². The standard InChI is InChI=1S/C10H7NOS/c12-4-6-3-8-7(6)1-2-9-10(8)11-5-13-9/h1-5,7-8H/t7-,8?/m1/s1. The van der Waals surface area contributed by atoms with E-state index in [1.807, 2.05) is 11.6 Å². The van der Waals surface area contributed by atoms with Gasteiger partial charge in [-0.25, -0.2) is 4.98 Å². The van der Waals surface area contributed by atoms with Gasteiger partial charge in [-0.2, -0.15) is 0 Å². The Morgan fingerprint density at radius 2 is 2.38 bits per heavy atom. The van der Waals surface area contributed by atoms with Crippen molar-refractivity contribution in [3.63, 3.8) is 0 Å². The molecule has 13 heavy (non-hydrogen) atoms. The van der Waals surface area contributed by atoms with Crippen LogP contribution in [0.3, 0.4) is 0 Å². The van der Waals surface area contributed by atoms with Crippen molar-refractivity contribution in [2.45, 2.75) is 5.92 Å². The molecule has 0 fully saturated rings. The molecule has 2 nitrogen and oxygen atoms in total. The summed E-state index contributed by atoms with van der Waals surface area (Å²) in [6.07, 6.45) is 7.14. The third kappa shape index (κ3) is 0.823. The van der Waals surface area contributed by atoms with Crippen LogP contribution < -0.4 is 0 Å². The maximum absolute atomic E-state index is 10.6. The highest BCUT2D eigenvalue weighted by molar-refractivity contribution is 7.10. The quantitative estimate of drug-likeness (QED) is 0.632. The Morgan fingerprint density at radius 1 is 1.46 bits per heavy atom. The molecule has 0 radical (unpaired) electrons. The van der Waals surface area contributed by atoms with E-state index >= 15 is 0 Å². The summed E-state index contributed by atoms with van der Waals surface area (Å²) in [5, 5.41) is 0. The van der Waals surface area contributed by atoms with Gasteiger partial charge in [0.05, 0.1) is 16.1 Å². The number of aldehydes is 1. The van der Waals surface area contributed by atoms with Crippen LogP contribution in [-0.4, -0.2) is 11.3 Å². The van der Waals surface area contributed by atoms with Crippen molar-refractivity contribution in [2.24, 2.45) is 5.92 Å². The number of hydrogen-bond acceptors (Lipinski definition) is 3. The predicted octanol–water partition coefficient (Wildman–Crippen LogP) is 2.01. The molecule has 3 rings (SSSR count). The summed E-state index contributed by atoms with van der Waals surface area (Å²) >= 11 is 1.66. The molecule has 0 saturated heterocycles.